The third-order valence-corrected chi connectivity index (χ3v) is 5.14. The maximum Gasteiger partial charge on any atom is 0.289 e. The minimum absolute atomic E-state index is 0.138. The van der Waals surface area contributed by atoms with E-state index in [1.165, 1.54) is 12.8 Å². The van der Waals surface area contributed by atoms with E-state index < -0.39 is 5.60 Å². The van der Waals surface area contributed by atoms with E-state index in [0.717, 1.165) is 37.7 Å². The summed E-state index contributed by atoms with van der Waals surface area (Å²) in [4.78, 5) is 16.7. The molecular formula is C25H32N2O5. The maximum absolute atomic E-state index is 12.6. The van der Waals surface area contributed by atoms with Crippen LogP contribution in [0.25, 0.3) is 0 Å². The first-order chi connectivity index (χ1) is 15.4. The number of carbonyl (C=O) groups excluding carboxylic acids is 1. The van der Waals surface area contributed by atoms with Crippen LogP contribution in [-0.2, 0) is 4.74 Å². The minimum Gasteiger partial charge on any atom is -0.497 e. The third-order valence-electron chi connectivity index (χ3n) is 5.14. The summed E-state index contributed by atoms with van der Waals surface area (Å²) in [5.41, 5.74) is 0.0134. The Morgan fingerprint density at radius 1 is 1.03 bits per heavy atom. The highest BCUT2D eigenvalue weighted by molar-refractivity contribution is 5.91. The zero-order valence-corrected chi connectivity index (χ0v) is 19.1. The number of furan rings is 1. The van der Waals surface area contributed by atoms with Crippen LogP contribution in [0.3, 0.4) is 0 Å². The predicted octanol–water partition coefficient (Wildman–Crippen LogP) is 3.17. The van der Waals surface area contributed by atoms with Crippen LogP contribution in [0.15, 0.2) is 40.8 Å². The molecule has 7 heteroatoms. The van der Waals surface area contributed by atoms with E-state index in [2.05, 4.69) is 16.7 Å². The van der Waals surface area contributed by atoms with Gasteiger partial charge in [-0.25, -0.2) is 0 Å². The summed E-state index contributed by atoms with van der Waals surface area (Å²) in [6.07, 6.45) is 2.56. The van der Waals surface area contributed by atoms with Crippen molar-refractivity contribution in [3.05, 3.63) is 47.9 Å². The molecule has 4 rings (SSSR count). The molecule has 0 atom stereocenters. The Morgan fingerprint density at radius 2 is 1.69 bits per heavy atom. The van der Waals surface area contributed by atoms with Gasteiger partial charge in [0.1, 0.15) is 11.4 Å². The quantitative estimate of drug-likeness (QED) is 0.739. The third kappa shape index (κ3) is 7.04. The summed E-state index contributed by atoms with van der Waals surface area (Å²) < 4.78 is 15.7. The Hall–Kier alpha value is -2.95. The summed E-state index contributed by atoms with van der Waals surface area (Å²) >= 11 is 0. The highest BCUT2D eigenvalue weighted by atomic mass is 16.5. The van der Waals surface area contributed by atoms with E-state index in [1.54, 1.807) is 38.0 Å². The zero-order chi connectivity index (χ0) is 23.0. The van der Waals surface area contributed by atoms with Crippen molar-refractivity contribution in [1.82, 2.24) is 4.90 Å². The van der Waals surface area contributed by atoms with Crippen LogP contribution in [0, 0.1) is 11.8 Å². The molecule has 2 aliphatic rings. The second-order valence-electron chi connectivity index (χ2n) is 8.27. The molecule has 0 aliphatic carbocycles. The molecule has 2 aliphatic heterocycles. The standard InChI is InChI=1S/C21H24N2O4.C4H8O/c1-21(2,25)11-10-18-8-9-19(27-18)20(24)23-14-12-22(13-15-23)16-4-6-17(26-3)7-5-16;1-2-4-5-3-1/h4-9,25H,12-15H2,1-3H3;1-4H2. The van der Waals surface area contributed by atoms with Crippen LogP contribution >= 0.6 is 0 Å². The highest BCUT2D eigenvalue weighted by Crippen LogP contribution is 2.21. The van der Waals surface area contributed by atoms with Crippen LogP contribution in [0.4, 0.5) is 5.69 Å². The van der Waals surface area contributed by atoms with E-state index in [0.29, 0.717) is 18.8 Å². The normalized spacial score (nSPS) is 16.0. The van der Waals surface area contributed by atoms with Crippen molar-refractivity contribution < 1.29 is 23.8 Å². The molecule has 2 fully saturated rings. The fourth-order valence-corrected chi connectivity index (χ4v) is 3.36. The molecule has 2 saturated heterocycles. The Morgan fingerprint density at radius 3 is 2.22 bits per heavy atom. The van der Waals surface area contributed by atoms with Crippen LogP contribution in [0.1, 0.15) is 43.0 Å². The number of ether oxygens (including phenoxy) is 2. The number of piperazine rings is 1. The molecule has 2 aromatic rings. The van der Waals surface area contributed by atoms with Gasteiger partial charge in [0.15, 0.2) is 11.5 Å². The number of benzene rings is 1. The Kier molecular flexibility index (Phi) is 8.20. The fourth-order valence-electron chi connectivity index (χ4n) is 3.36. The molecule has 0 radical (unpaired) electrons. The molecule has 1 amide bonds. The molecule has 7 nitrogen and oxygen atoms in total. The second kappa shape index (κ2) is 11.1. The number of anilines is 1. The Bertz CT molecular complexity index is 914. The van der Waals surface area contributed by atoms with Crippen LogP contribution in [0.5, 0.6) is 5.75 Å². The first-order valence-electron chi connectivity index (χ1n) is 11.0. The van der Waals surface area contributed by atoms with E-state index >= 15 is 0 Å². The van der Waals surface area contributed by atoms with Gasteiger partial charge in [-0.2, -0.15) is 0 Å². The van der Waals surface area contributed by atoms with Gasteiger partial charge in [-0.3, -0.25) is 4.79 Å². The van der Waals surface area contributed by atoms with Crippen molar-refractivity contribution in [3.8, 4) is 17.6 Å². The van der Waals surface area contributed by atoms with Crippen molar-refractivity contribution in [3.63, 3.8) is 0 Å². The van der Waals surface area contributed by atoms with Crippen molar-refractivity contribution in [2.45, 2.75) is 32.3 Å². The van der Waals surface area contributed by atoms with Crippen molar-refractivity contribution >= 4 is 11.6 Å². The summed E-state index contributed by atoms with van der Waals surface area (Å²) in [6, 6.07) is 11.2. The lowest BCUT2D eigenvalue weighted by atomic mass is 10.1. The number of hydrogen-bond donors (Lipinski definition) is 1. The number of aliphatic hydroxyl groups is 1. The molecule has 1 aromatic carbocycles. The summed E-state index contributed by atoms with van der Waals surface area (Å²) in [5, 5.41) is 9.64. The first-order valence-corrected chi connectivity index (χ1v) is 11.0. The van der Waals surface area contributed by atoms with E-state index in [9.17, 15) is 9.90 Å². The Balaban J connectivity index is 0.000000509. The maximum atomic E-state index is 12.6. The van der Waals surface area contributed by atoms with Gasteiger partial charge in [0.05, 0.1) is 7.11 Å². The van der Waals surface area contributed by atoms with Crippen molar-refractivity contribution in [2.24, 2.45) is 0 Å². The van der Waals surface area contributed by atoms with Gasteiger partial charge in [-0.15, -0.1) is 0 Å². The number of nitrogens with zero attached hydrogens (tertiary/aromatic N) is 2. The van der Waals surface area contributed by atoms with E-state index in [4.69, 9.17) is 13.9 Å². The van der Waals surface area contributed by atoms with E-state index in [1.807, 2.05) is 24.3 Å². The van der Waals surface area contributed by atoms with Crippen molar-refractivity contribution in [1.29, 1.82) is 0 Å². The van der Waals surface area contributed by atoms with Gasteiger partial charge in [0.25, 0.3) is 5.91 Å². The van der Waals surface area contributed by atoms with Gasteiger partial charge in [-0.05, 0) is 69.0 Å². The molecule has 172 valence electrons. The SMILES string of the molecule is C1CCOC1.COc1ccc(N2CCN(C(=O)c3ccc(C#CC(C)(C)O)o3)CC2)cc1. The lowest BCUT2D eigenvalue weighted by Gasteiger charge is -2.35. The lowest BCUT2D eigenvalue weighted by Crippen LogP contribution is -2.48. The number of amides is 1. The lowest BCUT2D eigenvalue weighted by molar-refractivity contribution is 0.0714. The van der Waals surface area contributed by atoms with E-state index in [-0.39, 0.29) is 11.7 Å². The largest absolute Gasteiger partial charge is 0.497 e. The molecule has 0 saturated carbocycles. The van der Waals surface area contributed by atoms with Gasteiger partial charge < -0.3 is 28.8 Å². The average molecular weight is 441 g/mol. The number of rotatable bonds is 3. The minimum atomic E-state index is -1.10. The first kappa shape index (κ1) is 23.7. The molecular weight excluding hydrogens is 408 g/mol. The number of methoxy groups -OCH3 is 1. The zero-order valence-electron chi connectivity index (χ0n) is 19.1. The molecule has 3 heterocycles. The predicted molar refractivity (Wildman–Crippen MR) is 123 cm³/mol. The topological polar surface area (TPSA) is 75.4 Å². The smallest absolute Gasteiger partial charge is 0.289 e. The highest BCUT2D eigenvalue weighted by Gasteiger charge is 2.24. The van der Waals surface area contributed by atoms with Gasteiger partial charge in [0.2, 0.25) is 0 Å². The number of hydrogen-bond acceptors (Lipinski definition) is 6. The molecule has 0 bridgehead atoms. The monoisotopic (exact) mass is 440 g/mol. The summed E-state index contributed by atoms with van der Waals surface area (Å²) in [6.45, 7) is 7.94. The fraction of sp³-hybridized carbons (Fsp3) is 0.480. The summed E-state index contributed by atoms with van der Waals surface area (Å²) in [7, 11) is 1.65. The van der Waals surface area contributed by atoms with Crippen molar-refractivity contribution in [2.75, 3.05) is 51.4 Å². The summed E-state index contributed by atoms with van der Waals surface area (Å²) in [5.74, 6) is 6.75. The van der Waals surface area contributed by atoms with Crippen LogP contribution in [-0.4, -0.2) is 68.0 Å². The molecule has 0 unspecified atom stereocenters. The van der Waals surface area contributed by atoms with Gasteiger partial charge >= 0.3 is 0 Å². The molecule has 1 N–H and O–H groups in total. The van der Waals surface area contributed by atoms with Gasteiger partial charge in [0, 0.05) is 45.1 Å². The van der Waals surface area contributed by atoms with Crippen LogP contribution < -0.4 is 9.64 Å². The average Bonchev–Trinajstić information content (AvgIpc) is 3.52. The Labute approximate surface area is 189 Å². The molecule has 0 spiro atoms. The van der Waals surface area contributed by atoms with Crippen LogP contribution in [0.2, 0.25) is 0 Å². The molecule has 1 aromatic heterocycles. The number of carbonyl (C=O) groups is 1. The molecule has 32 heavy (non-hydrogen) atoms. The van der Waals surface area contributed by atoms with Gasteiger partial charge in [-0.1, -0.05) is 5.92 Å². The second-order valence-corrected chi connectivity index (χ2v) is 8.27.